The summed E-state index contributed by atoms with van der Waals surface area (Å²) < 4.78 is 54.4. The van der Waals surface area contributed by atoms with E-state index in [1.54, 1.807) is 6.92 Å². The molecule has 0 unspecified atom stereocenters. The fourth-order valence-corrected chi connectivity index (χ4v) is 3.22. The van der Waals surface area contributed by atoms with Crippen LogP contribution in [0.2, 0.25) is 0 Å². The quantitative estimate of drug-likeness (QED) is 0.414. The Bertz CT molecular complexity index is 1070. The van der Waals surface area contributed by atoms with Gasteiger partial charge >= 0.3 is 12.1 Å². The molecule has 3 rings (SSSR count). The van der Waals surface area contributed by atoms with Gasteiger partial charge in [-0.3, -0.25) is 4.79 Å². The fourth-order valence-electron chi connectivity index (χ4n) is 3.22. The zero-order chi connectivity index (χ0) is 23.3. The maximum atomic E-state index is 12.7. The summed E-state index contributed by atoms with van der Waals surface area (Å²) in [6, 6.07) is 10.4. The SMILES string of the molecule is COC(=O)CCc1ccc(OCCc2oc(-c3ccc(C(F)(F)F)cc3)nc2C)cc1C. The van der Waals surface area contributed by atoms with Gasteiger partial charge < -0.3 is 13.9 Å². The Labute approximate surface area is 184 Å². The van der Waals surface area contributed by atoms with Gasteiger partial charge in [-0.05, 0) is 67.8 Å². The number of rotatable bonds is 8. The van der Waals surface area contributed by atoms with Crippen molar-refractivity contribution >= 4 is 5.97 Å². The highest BCUT2D eigenvalue weighted by Gasteiger charge is 2.30. The van der Waals surface area contributed by atoms with E-state index in [1.807, 2.05) is 25.1 Å². The monoisotopic (exact) mass is 447 g/mol. The molecular weight excluding hydrogens is 423 g/mol. The minimum Gasteiger partial charge on any atom is -0.493 e. The highest BCUT2D eigenvalue weighted by Crippen LogP contribution is 2.31. The van der Waals surface area contributed by atoms with Gasteiger partial charge in [0.15, 0.2) is 0 Å². The van der Waals surface area contributed by atoms with E-state index in [1.165, 1.54) is 19.2 Å². The summed E-state index contributed by atoms with van der Waals surface area (Å²) in [5, 5.41) is 0. The number of carbonyl (C=O) groups excluding carboxylic acids is 1. The molecule has 170 valence electrons. The Hall–Kier alpha value is -3.29. The van der Waals surface area contributed by atoms with Crippen molar-refractivity contribution in [3.05, 3.63) is 70.6 Å². The van der Waals surface area contributed by atoms with Crippen LogP contribution in [0.4, 0.5) is 13.2 Å². The van der Waals surface area contributed by atoms with Gasteiger partial charge in [0.2, 0.25) is 5.89 Å². The molecule has 0 aliphatic heterocycles. The van der Waals surface area contributed by atoms with Gasteiger partial charge in [0.25, 0.3) is 0 Å². The first kappa shape index (κ1) is 23.4. The number of aromatic nitrogens is 1. The largest absolute Gasteiger partial charge is 0.493 e. The number of esters is 1. The first-order valence-corrected chi connectivity index (χ1v) is 10.1. The second kappa shape index (κ2) is 9.89. The average Bonchev–Trinajstić information content (AvgIpc) is 3.13. The van der Waals surface area contributed by atoms with Crippen molar-refractivity contribution in [2.24, 2.45) is 0 Å². The lowest BCUT2D eigenvalue weighted by molar-refractivity contribution is -0.140. The molecule has 0 fully saturated rings. The number of nitrogens with zero attached hydrogens (tertiary/aromatic N) is 1. The number of benzene rings is 2. The highest BCUT2D eigenvalue weighted by molar-refractivity contribution is 5.69. The van der Waals surface area contributed by atoms with Gasteiger partial charge in [0, 0.05) is 18.4 Å². The van der Waals surface area contributed by atoms with Gasteiger partial charge in [0.05, 0.1) is 25.0 Å². The van der Waals surface area contributed by atoms with Crippen LogP contribution >= 0.6 is 0 Å². The first-order valence-electron chi connectivity index (χ1n) is 10.1. The summed E-state index contributed by atoms with van der Waals surface area (Å²) in [5.74, 6) is 1.34. The number of carbonyl (C=O) groups is 1. The summed E-state index contributed by atoms with van der Waals surface area (Å²) in [6.45, 7) is 4.09. The van der Waals surface area contributed by atoms with Crippen molar-refractivity contribution in [2.45, 2.75) is 39.3 Å². The van der Waals surface area contributed by atoms with Gasteiger partial charge in [-0.15, -0.1) is 0 Å². The van der Waals surface area contributed by atoms with E-state index in [9.17, 15) is 18.0 Å². The lowest BCUT2D eigenvalue weighted by Crippen LogP contribution is -2.04. The summed E-state index contributed by atoms with van der Waals surface area (Å²) >= 11 is 0. The number of alkyl halides is 3. The Morgan fingerprint density at radius 2 is 1.78 bits per heavy atom. The molecule has 1 heterocycles. The van der Waals surface area contributed by atoms with E-state index >= 15 is 0 Å². The number of ether oxygens (including phenoxy) is 2. The molecule has 0 saturated heterocycles. The molecule has 8 heteroatoms. The molecule has 0 amide bonds. The third kappa shape index (κ3) is 5.90. The van der Waals surface area contributed by atoms with E-state index in [-0.39, 0.29) is 11.9 Å². The molecule has 32 heavy (non-hydrogen) atoms. The van der Waals surface area contributed by atoms with Crippen LogP contribution < -0.4 is 4.74 Å². The van der Waals surface area contributed by atoms with Crippen LogP contribution in [0.15, 0.2) is 46.9 Å². The third-order valence-electron chi connectivity index (χ3n) is 5.09. The maximum Gasteiger partial charge on any atom is 0.416 e. The van der Waals surface area contributed by atoms with Gasteiger partial charge in [-0.2, -0.15) is 13.2 Å². The normalized spacial score (nSPS) is 11.4. The Balaban J connectivity index is 1.58. The molecule has 0 atom stereocenters. The second-order valence-electron chi connectivity index (χ2n) is 7.37. The van der Waals surface area contributed by atoms with Crippen LogP contribution in [0.5, 0.6) is 5.75 Å². The van der Waals surface area contributed by atoms with Crippen molar-refractivity contribution in [1.82, 2.24) is 4.98 Å². The van der Waals surface area contributed by atoms with Crippen LogP contribution in [0.25, 0.3) is 11.5 Å². The molecule has 2 aromatic carbocycles. The number of aryl methyl sites for hydroxylation is 3. The minimum absolute atomic E-state index is 0.247. The summed E-state index contributed by atoms with van der Waals surface area (Å²) in [4.78, 5) is 15.6. The van der Waals surface area contributed by atoms with E-state index in [4.69, 9.17) is 9.15 Å². The molecule has 0 radical (unpaired) electrons. The molecule has 1 aromatic heterocycles. The average molecular weight is 447 g/mol. The van der Waals surface area contributed by atoms with Crippen LogP contribution in [0.3, 0.4) is 0 Å². The molecule has 0 spiro atoms. The number of halogens is 3. The maximum absolute atomic E-state index is 12.7. The Kier molecular flexibility index (Phi) is 7.22. The van der Waals surface area contributed by atoms with E-state index in [0.717, 1.165) is 23.3 Å². The van der Waals surface area contributed by atoms with Crippen LogP contribution in [0.1, 0.15) is 34.6 Å². The number of hydrogen-bond acceptors (Lipinski definition) is 5. The summed E-state index contributed by atoms with van der Waals surface area (Å²) in [5.41, 5.74) is 2.50. The number of hydrogen-bond donors (Lipinski definition) is 0. The number of oxazole rings is 1. The molecule has 3 aromatic rings. The fraction of sp³-hybridized carbons (Fsp3) is 0.333. The zero-order valence-electron chi connectivity index (χ0n) is 18.1. The Morgan fingerprint density at radius 3 is 2.41 bits per heavy atom. The molecule has 0 N–H and O–H groups in total. The first-order chi connectivity index (χ1) is 15.2. The smallest absolute Gasteiger partial charge is 0.416 e. The summed E-state index contributed by atoms with van der Waals surface area (Å²) in [7, 11) is 1.37. The van der Waals surface area contributed by atoms with Gasteiger partial charge in [-0.1, -0.05) is 6.07 Å². The van der Waals surface area contributed by atoms with Crippen molar-refractivity contribution in [2.75, 3.05) is 13.7 Å². The zero-order valence-corrected chi connectivity index (χ0v) is 18.1. The standard InChI is InChI=1S/C24H24F3NO4/c1-15-14-20(10-6-17(15)7-11-22(29)30-3)31-13-12-21-16(2)28-23(32-21)18-4-8-19(9-5-18)24(25,26)27/h4-6,8-10,14H,7,11-13H2,1-3H3. The molecular formula is C24H24F3NO4. The van der Waals surface area contributed by atoms with Crippen LogP contribution in [-0.2, 0) is 28.5 Å². The molecule has 5 nitrogen and oxygen atoms in total. The van der Waals surface area contributed by atoms with Crippen LogP contribution in [0, 0.1) is 13.8 Å². The minimum atomic E-state index is -4.38. The predicted molar refractivity (Wildman–Crippen MR) is 112 cm³/mol. The van der Waals surface area contributed by atoms with Crippen molar-refractivity contribution in [3.8, 4) is 17.2 Å². The van der Waals surface area contributed by atoms with Gasteiger partial charge in [0.1, 0.15) is 11.5 Å². The molecule has 0 saturated carbocycles. The van der Waals surface area contributed by atoms with E-state index in [0.29, 0.717) is 48.6 Å². The van der Waals surface area contributed by atoms with Crippen molar-refractivity contribution < 1.29 is 31.9 Å². The highest BCUT2D eigenvalue weighted by atomic mass is 19.4. The second-order valence-corrected chi connectivity index (χ2v) is 7.37. The predicted octanol–water partition coefficient (Wildman–Crippen LogP) is 5.70. The summed E-state index contributed by atoms with van der Waals surface area (Å²) in [6.07, 6.45) is -3.00. The van der Waals surface area contributed by atoms with Crippen molar-refractivity contribution in [3.63, 3.8) is 0 Å². The topological polar surface area (TPSA) is 61.6 Å². The van der Waals surface area contributed by atoms with Gasteiger partial charge in [-0.25, -0.2) is 4.98 Å². The lowest BCUT2D eigenvalue weighted by atomic mass is 10.0. The third-order valence-corrected chi connectivity index (χ3v) is 5.09. The molecule has 0 aliphatic rings. The molecule has 0 aliphatic carbocycles. The Morgan fingerprint density at radius 1 is 1.06 bits per heavy atom. The molecule has 0 bridgehead atoms. The van der Waals surface area contributed by atoms with E-state index < -0.39 is 11.7 Å². The number of methoxy groups -OCH3 is 1. The lowest BCUT2D eigenvalue weighted by Gasteiger charge is -2.10. The van der Waals surface area contributed by atoms with Crippen LogP contribution in [-0.4, -0.2) is 24.7 Å². The van der Waals surface area contributed by atoms with E-state index in [2.05, 4.69) is 9.72 Å². The van der Waals surface area contributed by atoms with Crippen molar-refractivity contribution in [1.29, 1.82) is 0 Å².